The minimum Gasteiger partial charge on any atom is -0.478 e. The zero-order valence-corrected chi connectivity index (χ0v) is 14.2. The van der Waals surface area contributed by atoms with Crippen molar-refractivity contribution >= 4 is 49.4 Å². The van der Waals surface area contributed by atoms with E-state index in [-0.39, 0.29) is 11.5 Å². The highest BCUT2D eigenvalue weighted by Crippen LogP contribution is 2.22. The molecule has 0 aliphatic rings. The molecule has 2 rings (SSSR count). The van der Waals surface area contributed by atoms with Crippen LogP contribution in [0.5, 0.6) is 0 Å². The fraction of sp³-hybridized carbons (Fsp3) is 0.0667. The maximum Gasteiger partial charge on any atom is 0.336 e. The summed E-state index contributed by atoms with van der Waals surface area (Å²) in [6.07, 6.45) is 0. The van der Waals surface area contributed by atoms with E-state index in [1.807, 2.05) is 6.92 Å². The van der Waals surface area contributed by atoms with Crippen molar-refractivity contribution < 1.29 is 14.7 Å². The molecule has 2 aromatic carbocycles. The number of carbonyl (C=O) groups is 2. The van der Waals surface area contributed by atoms with Crippen LogP contribution in [0.4, 0.5) is 5.69 Å². The molecule has 0 heterocycles. The van der Waals surface area contributed by atoms with Crippen molar-refractivity contribution in [3.05, 3.63) is 62.0 Å². The van der Waals surface area contributed by atoms with Crippen molar-refractivity contribution in [1.29, 1.82) is 0 Å². The van der Waals surface area contributed by atoms with E-state index in [1.54, 1.807) is 30.3 Å². The molecule has 108 valence electrons. The molecule has 1 amide bonds. The maximum absolute atomic E-state index is 12.2. The second-order valence-corrected chi connectivity index (χ2v) is 6.13. The van der Waals surface area contributed by atoms with Gasteiger partial charge in [0, 0.05) is 20.2 Å². The quantitative estimate of drug-likeness (QED) is 0.781. The lowest BCUT2D eigenvalue weighted by Crippen LogP contribution is -2.12. The molecule has 0 unspecified atom stereocenters. The molecule has 0 spiro atoms. The largest absolute Gasteiger partial charge is 0.478 e. The second-order valence-electron chi connectivity index (χ2n) is 4.42. The van der Waals surface area contributed by atoms with Crippen molar-refractivity contribution in [3.63, 3.8) is 0 Å². The van der Waals surface area contributed by atoms with E-state index in [0.29, 0.717) is 15.7 Å². The van der Waals surface area contributed by atoms with Gasteiger partial charge in [-0.2, -0.15) is 0 Å². The molecule has 0 radical (unpaired) electrons. The van der Waals surface area contributed by atoms with Gasteiger partial charge < -0.3 is 10.4 Å². The van der Waals surface area contributed by atoms with Crippen molar-refractivity contribution in [3.8, 4) is 0 Å². The molecule has 0 aromatic heterocycles. The molecule has 2 N–H and O–H groups in total. The molecule has 0 aliphatic carbocycles. The van der Waals surface area contributed by atoms with Crippen LogP contribution in [0.15, 0.2) is 45.3 Å². The molecule has 0 bridgehead atoms. The number of hydrogen-bond donors (Lipinski definition) is 2. The van der Waals surface area contributed by atoms with Crippen LogP contribution in [0.1, 0.15) is 26.3 Å². The van der Waals surface area contributed by atoms with Gasteiger partial charge in [0.2, 0.25) is 0 Å². The Hall–Kier alpha value is -1.66. The minimum atomic E-state index is -1.06. The monoisotopic (exact) mass is 411 g/mol. The highest BCUT2D eigenvalue weighted by Gasteiger charge is 2.12. The van der Waals surface area contributed by atoms with Crippen molar-refractivity contribution in [1.82, 2.24) is 0 Å². The third kappa shape index (κ3) is 3.71. The first-order chi connectivity index (χ1) is 9.88. The Kier molecular flexibility index (Phi) is 4.80. The average molecular weight is 413 g/mol. The first kappa shape index (κ1) is 15.7. The molecule has 0 atom stereocenters. The molecular formula is C15H11Br2NO3. The first-order valence-electron chi connectivity index (χ1n) is 5.99. The zero-order chi connectivity index (χ0) is 15.6. The summed E-state index contributed by atoms with van der Waals surface area (Å²) < 4.78 is 1.39. The van der Waals surface area contributed by atoms with E-state index < -0.39 is 5.97 Å². The highest BCUT2D eigenvalue weighted by atomic mass is 79.9. The van der Waals surface area contributed by atoms with Crippen LogP contribution in [0, 0.1) is 6.92 Å². The molecule has 4 nitrogen and oxygen atoms in total. The Labute approximate surface area is 138 Å². The van der Waals surface area contributed by atoms with Crippen molar-refractivity contribution in [2.45, 2.75) is 6.92 Å². The van der Waals surface area contributed by atoms with Crippen LogP contribution in [-0.2, 0) is 0 Å². The number of halogens is 2. The van der Waals surface area contributed by atoms with Crippen molar-refractivity contribution in [2.24, 2.45) is 0 Å². The number of amides is 1. The Morgan fingerprint density at radius 1 is 1.05 bits per heavy atom. The van der Waals surface area contributed by atoms with E-state index in [0.717, 1.165) is 10.0 Å². The summed E-state index contributed by atoms with van der Waals surface area (Å²) in [5.41, 5.74) is 1.99. The molecule has 0 fully saturated rings. The number of benzene rings is 2. The summed E-state index contributed by atoms with van der Waals surface area (Å²) in [7, 11) is 0. The van der Waals surface area contributed by atoms with Gasteiger partial charge in [0.05, 0.1) is 5.56 Å². The molecule has 0 saturated carbocycles. The Bertz CT molecular complexity index is 729. The lowest BCUT2D eigenvalue weighted by molar-refractivity contribution is 0.0695. The number of hydrogen-bond acceptors (Lipinski definition) is 2. The van der Waals surface area contributed by atoms with Crippen LogP contribution < -0.4 is 5.32 Å². The van der Waals surface area contributed by atoms with E-state index in [2.05, 4.69) is 37.2 Å². The van der Waals surface area contributed by atoms with Crippen LogP contribution >= 0.6 is 31.9 Å². The normalized spacial score (nSPS) is 10.2. The molecule has 2 aromatic rings. The fourth-order valence-electron chi connectivity index (χ4n) is 1.76. The predicted molar refractivity (Wildman–Crippen MR) is 87.9 cm³/mol. The number of carbonyl (C=O) groups excluding carboxylic acids is 1. The molecule has 21 heavy (non-hydrogen) atoms. The van der Waals surface area contributed by atoms with E-state index >= 15 is 0 Å². The van der Waals surface area contributed by atoms with E-state index in [1.165, 1.54) is 6.07 Å². The number of rotatable bonds is 3. The summed E-state index contributed by atoms with van der Waals surface area (Å²) in [4.78, 5) is 23.2. The lowest BCUT2D eigenvalue weighted by Gasteiger charge is -2.08. The smallest absolute Gasteiger partial charge is 0.336 e. The van der Waals surface area contributed by atoms with Gasteiger partial charge in [0.15, 0.2) is 0 Å². The molecule has 6 heteroatoms. The van der Waals surface area contributed by atoms with Crippen LogP contribution in [0.25, 0.3) is 0 Å². The highest BCUT2D eigenvalue weighted by molar-refractivity contribution is 9.10. The van der Waals surface area contributed by atoms with E-state index in [4.69, 9.17) is 5.11 Å². The predicted octanol–water partition coefficient (Wildman–Crippen LogP) is 4.47. The van der Waals surface area contributed by atoms with Gasteiger partial charge in [-0.15, -0.1) is 0 Å². The summed E-state index contributed by atoms with van der Waals surface area (Å²) >= 11 is 6.54. The van der Waals surface area contributed by atoms with Crippen LogP contribution in [-0.4, -0.2) is 17.0 Å². The first-order valence-corrected chi connectivity index (χ1v) is 7.57. The third-order valence-electron chi connectivity index (χ3n) is 2.87. The Balaban J connectivity index is 2.25. The Morgan fingerprint density at radius 3 is 2.33 bits per heavy atom. The average Bonchev–Trinajstić information content (AvgIpc) is 2.43. The number of carboxylic acid groups (broad SMARTS) is 1. The number of aryl methyl sites for hydroxylation is 1. The number of nitrogens with one attached hydrogen (secondary N) is 1. The second kappa shape index (κ2) is 6.41. The van der Waals surface area contributed by atoms with Crippen LogP contribution in [0.2, 0.25) is 0 Å². The standard InChI is InChI=1S/C15H11Br2NO3/c1-8-6-9(2-4-12(8)16)14(19)18-10-3-5-13(17)11(7-10)15(20)21/h2-7H,1H3,(H,18,19)(H,20,21). The molecule has 0 saturated heterocycles. The summed E-state index contributed by atoms with van der Waals surface area (Å²) in [6, 6.07) is 9.90. The van der Waals surface area contributed by atoms with Gasteiger partial charge in [-0.25, -0.2) is 4.79 Å². The zero-order valence-electron chi connectivity index (χ0n) is 11.0. The van der Waals surface area contributed by atoms with Gasteiger partial charge in [-0.1, -0.05) is 15.9 Å². The lowest BCUT2D eigenvalue weighted by atomic mass is 10.1. The fourth-order valence-corrected chi connectivity index (χ4v) is 2.42. The van der Waals surface area contributed by atoms with Crippen LogP contribution in [0.3, 0.4) is 0 Å². The van der Waals surface area contributed by atoms with Gasteiger partial charge in [0.25, 0.3) is 5.91 Å². The number of aromatic carboxylic acids is 1. The van der Waals surface area contributed by atoms with Gasteiger partial charge in [-0.05, 0) is 64.8 Å². The Morgan fingerprint density at radius 2 is 1.71 bits per heavy atom. The summed E-state index contributed by atoms with van der Waals surface area (Å²) in [5, 5.41) is 11.7. The third-order valence-corrected chi connectivity index (χ3v) is 4.46. The number of anilines is 1. The van der Waals surface area contributed by atoms with Gasteiger partial charge >= 0.3 is 5.97 Å². The van der Waals surface area contributed by atoms with Gasteiger partial charge in [0.1, 0.15) is 0 Å². The number of carboxylic acids is 1. The summed E-state index contributed by atoms with van der Waals surface area (Å²) in [6.45, 7) is 1.89. The van der Waals surface area contributed by atoms with E-state index in [9.17, 15) is 9.59 Å². The molecular weight excluding hydrogens is 402 g/mol. The topological polar surface area (TPSA) is 66.4 Å². The molecule has 0 aliphatic heterocycles. The van der Waals surface area contributed by atoms with Crippen molar-refractivity contribution in [2.75, 3.05) is 5.32 Å². The van der Waals surface area contributed by atoms with Gasteiger partial charge in [-0.3, -0.25) is 4.79 Å². The SMILES string of the molecule is Cc1cc(C(=O)Nc2ccc(Br)c(C(=O)O)c2)ccc1Br. The summed E-state index contributed by atoms with van der Waals surface area (Å²) in [5.74, 6) is -1.35. The minimum absolute atomic E-state index is 0.0970. The maximum atomic E-state index is 12.2.